The summed E-state index contributed by atoms with van der Waals surface area (Å²) < 4.78 is 43.1. The lowest BCUT2D eigenvalue weighted by atomic mass is 9.98. The first kappa shape index (κ1) is 13.3. The summed E-state index contributed by atoms with van der Waals surface area (Å²) >= 11 is 0. The van der Waals surface area contributed by atoms with Crippen LogP contribution in [0, 0.1) is 11.3 Å². The highest BCUT2D eigenvalue weighted by Crippen LogP contribution is 2.36. The molecule has 0 aliphatic carbocycles. The molecular weight excluding hydrogens is 233 g/mol. The zero-order valence-corrected chi connectivity index (χ0v) is 9.08. The van der Waals surface area contributed by atoms with E-state index in [9.17, 15) is 13.2 Å². The fraction of sp³-hybridized carbons (Fsp3) is 0.364. The van der Waals surface area contributed by atoms with E-state index in [2.05, 4.69) is 0 Å². The second-order valence-corrected chi connectivity index (χ2v) is 3.42. The van der Waals surface area contributed by atoms with Gasteiger partial charge in [0, 0.05) is 6.04 Å². The van der Waals surface area contributed by atoms with Gasteiger partial charge in [0.15, 0.2) is 0 Å². The second kappa shape index (κ2) is 5.06. The number of rotatable bonds is 3. The summed E-state index contributed by atoms with van der Waals surface area (Å²) in [5, 5.41) is 8.46. The smallest absolute Gasteiger partial charge is 0.416 e. The minimum absolute atomic E-state index is 0.0974. The predicted octanol–water partition coefficient (Wildman–Crippen LogP) is 2.63. The fourth-order valence-electron chi connectivity index (χ4n) is 1.44. The zero-order chi connectivity index (χ0) is 13.1. The van der Waals surface area contributed by atoms with Gasteiger partial charge in [-0.3, -0.25) is 0 Å². The van der Waals surface area contributed by atoms with Gasteiger partial charge in [-0.2, -0.15) is 18.4 Å². The van der Waals surface area contributed by atoms with Crippen molar-refractivity contribution in [1.29, 1.82) is 5.26 Å². The predicted molar refractivity (Wildman–Crippen MR) is 55.2 cm³/mol. The van der Waals surface area contributed by atoms with Gasteiger partial charge in [-0.25, -0.2) is 0 Å². The first-order valence-corrected chi connectivity index (χ1v) is 4.77. The van der Waals surface area contributed by atoms with E-state index >= 15 is 0 Å². The minimum atomic E-state index is -4.52. The normalized spacial score (nSPS) is 12.9. The van der Waals surface area contributed by atoms with Crippen LogP contribution in [-0.2, 0) is 6.18 Å². The Morgan fingerprint density at radius 3 is 2.59 bits per heavy atom. The van der Waals surface area contributed by atoms with Gasteiger partial charge in [0.2, 0.25) is 0 Å². The lowest BCUT2D eigenvalue weighted by Gasteiger charge is -2.17. The Kier molecular flexibility index (Phi) is 3.97. The Morgan fingerprint density at radius 2 is 2.12 bits per heavy atom. The van der Waals surface area contributed by atoms with Crippen LogP contribution in [0.3, 0.4) is 0 Å². The van der Waals surface area contributed by atoms with E-state index in [-0.39, 0.29) is 17.7 Å². The van der Waals surface area contributed by atoms with Crippen molar-refractivity contribution in [2.45, 2.75) is 18.6 Å². The van der Waals surface area contributed by atoms with Gasteiger partial charge in [-0.15, -0.1) is 0 Å². The number of hydrogen-bond donors (Lipinski definition) is 1. The SMILES string of the molecule is COc1ccc([C@H](N)CC#N)c(C(F)(F)F)c1. The van der Waals surface area contributed by atoms with Crippen molar-refractivity contribution in [2.24, 2.45) is 5.73 Å². The van der Waals surface area contributed by atoms with Gasteiger partial charge < -0.3 is 10.5 Å². The first-order chi connectivity index (χ1) is 7.90. The third-order valence-corrected chi connectivity index (χ3v) is 2.28. The molecule has 0 aliphatic rings. The summed E-state index contributed by atoms with van der Waals surface area (Å²) in [6.07, 6.45) is -4.69. The van der Waals surface area contributed by atoms with Gasteiger partial charge in [-0.05, 0) is 17.7 Å². The van der Waals surface area contributed by atoms with Crippen molar-refractivity contribution in [1.82, 2.24) is 0 Å². The van der Waals surface area contributed by atoms with Crippen LogP contribution in [0.25, 0.3) is 0 Å². The van der Waals surface area contributed by atoms with E-state index < -0.39 is 17.8 Å². The molecule has 0 saturated carbocycles. The second-order valence-electron chi connectivity index (χ2n) is 3.42. The number of benzene rings is 1. The van der Waals surface area contributed by atoms with Gasteiger partial charge >= 0.3 is 6.18 Å². The third-order valence-electron chi connectivity index (χ3n) is 2.28. The minimum Gasteiger partial charge on any atom is -0.497 e. The maximum absolute atomic E-state index is 12.8. The first-order valence-electron chi connectivity index (χ1n) is 4.77. The van der Waals surface area contributed by atoms with Crippen molar-refractivity contribution < 1.29 is 17.9 Å². The number of halogens is 3. The van der Waals surface area contributed by atoms with Gasteiger partial charge in [0.1, 0.15) is 5.75 Å². The highest BCUT2D eigenvalue weighted by Gasteiger charge is 2.35. The summed E-state index contributed by atoms with van der Waals surface area (Å²) in [7, 11) is 1.28. The molecule has 92 valence electrons. The fourth-order valence-corrected chi connectivity index (χ4v) is 1.44. The molecule has 1 atom stereocenters. The van der Waals surface area contributed by atoms with Gasteiger partial charge in [-0.1, -0.05) is 6.07 Å². The van der Waals surface area contributed by atoms with Crippen molar-refractivity contribution in [3.63, 3.8) is 0 Å². The maximum atomic E-state index is 12.8. The molecule has 0 heterocycles. The van der Waals surface area contributed by atoms with Crippen LogP contribution in [0.15, 0.2) is 18.2 Å². The van der Waals surface area contributed by atoms with Crippen molar-refractivity contribution >= 4 is 0 Å². The van der Waals surface area contributed by atoms with E-state index in [0.29, 0.717) is 0 Å². The molecule has 0 aliphatic heterocycles. The number of hydrogen-bond acceptors (Lipinski definition) is 3. The molecule has 0 aromatic heterocycles. The molecule has 0 fully saturated rings. The number of alkyl halides is 3. The van der Waals surface area contributed by atoms with Crippen LogP contribution < -0.4 is 10.5 Å². The summed E-state index contributed by atoms with van der Waals surface area (Å²) in [6.45, 7) is 0. The molecule has 0 amide bonds. The van der Waals surface area contributed by atoms with Crippen molar-refractivity contribution in [3.8, 4) is 11.8 Å². The molecule has 1 aromatic rings. The van der Waals surface area contributed by atoms with Gasteiger partial charge in [0.25, 0.3) is 0 Å². The van der Waals surface area contributed by atoms with Crippen molar-refractivity contribution in [3.05, 3.63) is 29.3 Å². The molecule has 0 unspecified atom stereocenters. The van der Waals surface area contributed by atoms with Crippen LogP contribution in [0.5, 0.6) is 5.75 Å². The summed E-state index contributed by atoms with van der Waals surface area (Å²) in [5.74, 6) is 0.102. The lowest BCUT2D eigenvalue weighted by molar-refractivity contribution is -0.138. The third kappa shape index (κ3) is 3.11. The number of nitrogens with two attached hydrogens (primary N) is 1. The topological polar surface area (TPSA) is 59.0 Å². The van der Waals surface area contributed by atoms with Crippen LogP contribution in [0.2, 0.25) is 0 Å². The van der Waals surface area contributed by atoms with Crippen LogP contribution in [-0.4, -0.2) is 7.11 Å². The molecule has 0 saturated heterocycles. The molecule has 6 heteroatoms. The Hall–Kier alpha value is -1.74. The highest BCUT2D eigenvalue weighted by molar-refractivity contribution is 5.39. The number of nitrogens with zero attached hydrogens (tertiary/aromatic N) is 1. The standard InChI is InChI=1S/C11H11F3N2O/c1-17-7-2-3-8(10(16)4-5-15)9(6-7)11(12,13)14/h2-3,6,10H,4,16H2,1H3/t10-/m1/s1. The molecule has 0 spiro atoms. The van der Waals surface area contributed by atoms with E-state index in [4.69, 9.17) is 15.7 Å². The Morgan fingerprint density at radius 1 is 1.47 bits per heavy atom. The average molecular weight is 244 g/mol. The number of ether oxygens (including phenoxy) is 1. The van der Waals surface area contributed by atoms with E-state index in [0.717, 1.165) is 6.07 Å². The Balaban J connectivity index is 3.26. The maximum Gasteiger partial charge on any atom is 0.416 e. The van der Waals surface area contributed by atoms with Crippen LogP contribution in [0.4, 0.5) is 13.2 Å². The molecular formula is C11H11F3N2O. The van der Waals surface area contributed by atoms with E-state index in [1.165, 1.54) is 19.2 Å². The van der Waals surface area contributed by atoms with E-state index in [1.807, 2.05) is 0 Å². The quantitative estimate of drug-likeness (QED) is 0.889. The largest absolute Gasteiger partial charge is 0.497 e. The number of methoxy groups -OCH3 is 1. The number of nitriles is 1. The zero-order valence-electron chi connectivity index (χ0n) is 9.08. The molecule has 1 rings (SSSR count). The van der Waals surface area contributed by atoms with E-state index in [1.54, 1.807) is 6.07 Å². The Bertz CT molecular complexity index is 437. The summed E-state index contributed by atoms with van der Waals surface area (Å²) in [5.41, 5.74) is 4.57. The monoisotopic (exact) mass is 244 g/mol. The summed E-state index contributed by atoms with van der Waals surface area (Å²) in [4.78, 5) is 0. The molecule has 3 nitrogen and oxygen atoms in total. The lowest BCUT2D eigenvalue weighted by Crippen LogP contribution is -2.17. The van der Waals surface area contributed by atoms with Gasteiger partial charge in [0.05, 0.1) is 25.2 Å². The highest BCUT2D eigenvalue weighted by atomic mass is 19.4. The molecule has 17 heavy (non-hydrogen) atoms. The van der Waals surface area contributed by atoms with Crippen molar-refractivity contribution in [2.75, 3.05) is 7.11 Å². The van der Waals surface area contributed by atoms with Crippen LogP contribution in [0.1, 0.15) is 23.6 Å². The molecule has 1 aromatic carbocycles. The molecule has 2 N–H and O–H groups in total. The average Bonchev–Trinajstić information content (AvgIpc) is 2.27. The molecule has 0 bridgehead atoms. The molecule has 0 radical (unpaired) electrons. The summed E-state index contributed by atoms with van der Waals surface area (Å²) in [6, 6.07) is 4.31. The Labute approximate surface area is 96.6 Å². The van der Waals surface area contributed by atoms with Crippen LogP contribution >= 0.6 is 0 Å².